The van der Waals surface area contributed by atoms with Gasteiger partial charge in [-0.15, -0.1) is 10.2 Å². The second-order valence-corrected chi connectivity index (χ2v) is 8.32. The lowest BCUT2D eigenvalue weighted by atomic mass is 10.0. The van der Waals surface area contributed by atoms with Crippen LogP contribution in [0.5, 0.6) is 11.5 Å². The minimum atomic E-state index is -4.50. The van der Waals surface area contributed by atoms with Crippen LogP contribution in [0.25, 0.3) is 11.4 Å². The molecule has 0 saturated heterocycles. The molecule has 0 aliphatic carbocycles. The van der Waals surface area contributed by atoms with Gasteiger partial charge in [-0.1, -0.05) is 11.3 Å². The second kappa shape index (κ2) is 10.6. The normalized spacial score (nSPS) is 11.4. The molecule has 38 heavy (non-hydrogen) atoms. The van der Waals surface area contributed by atoms with Crippen LogP contribution in [0.4, 0.5) is 24.7 Å². The fourth-order valence-corrected chi connectivity index (χ4v) is 3.82. The highest BCUT2D eigenvalue weighted by Gasteiger charge is 2.33. The van der Waals surface area contributed by atoms with E-state index in [0.717, 1.165) is 11.8 Å². The maximum Gasteiger partial charge on any atom is 0.416 e. The minimum absolute atomic E-state index is 0.0806. The molecule has 0 fully saturated rings. The summed E-state index contributed by atoms with van der Waals surface area (Å²) < 4.78 is 46.9. The summed E-state index contributed by atoms with van der Waals surface area (Å²) in [7, 11) is 0. The molecule has 1 aromatic carbocycles. The van der Waals surface area contributed by atoms with E-state index in [1.807, 2.05) is 37.3 Å². The predicted molar refractivity (Wildman–Crippen MR) is 133 cm³/mol. The zero-order valence-corrected chi connectivity index (χ0v) is 20.1. The van der Waals surface area contributed by atoms with Crippen LogP contribution in [0, 0.1) is 6.92 Å². The molecule has 0 spiro atoms. The number of rotatable bonds is 8. The number of tetrazole rings is 1. The van der Waals surface area contributed by atoms with Gasteiger partial charge in [0.1, 0.15) is 17.3 Å². The Hall–Kier alpha value is -4.87. The molecule has 12 heteroatoms. The Morgan fingerprint density at radius 3 is 2.61 bits per heavy atom. The van der Waals surface area contributed by atoms with Crippen LogP contribution < -0.4 is 10.1 Å². The number of aromatic nitrogens is 7. The first-order chi connectivity index (χ1) is 18.3. The van der Waals surface area contributed by atoms with Crippen LogP contribution in [0.1, 0.15) is 22.6 Å². The van der Waals surface area contributed by atoms with Crippen molar-refractivity contribution in [3.63, 3.8) is 0 Å². The highest BCUT2D eigenvalue weighted by atomic mass is 19.4. The number of nitrogens with one attached hydrogen (secondary N) is 2. The summed E-state index contributed by atoms with van der Waals surface area (Å²) in [6.45, 7) is 1.88. The van der Waals surface area contributed by atoms with Crippen molar-refractivity contribution < 1.29 is 17.9 Å². The van der Waals surface area contributed by atoms with E-state index in [4.69, 9.17) is 4.74 Å². The number of ether oxygens (including phenoxy) is 1. The van der Waals surface area contributed by atoms with Gasteiger partial charge in [-0.25, -0.2) is 9.97 Å². The zero-order valence-electron chi connectivity index (χ0n) is 20.1. The highest BCUT2D eigenvalue weighted by Crippen LogP contribution is 2.35. The Bertz CT molecular complexity index is 1530. The molecule has 5 aromatic rings. The van der Waals surface area contributed by atoms with Gasteiger partial charge in [0.25, 0.3) is 0 Å². The lowest BCUT2D eigenvalue weighted by Gasteiger charge is -2.15. The summed E-state index contributed by atoms with van der Waals surface area (Å²) in [6, 6.07) is 16.4. The first-order valence-corrected chi connectivity index (χ1v) is 11.6. The van der Waals surface area contributed by atoms with Crippen LogP contribution in [0.15, 0.2) is 73.1 Å². The summed E-state index contributed by atoms with van der Waals surface area (Å²) in [5.41, 5.74) is 1.89. The van der Waals surface area contributed by atoms with E-state index in [9.17, 15) is 13.2 Å². The number of H-pyrrole nitrogens is 1. The Kier molecular flexibility index (Phi) is 6.94. The monoisotopic (exact) mass is 518 g/mol. The van der Waals surface area contributed by atoms with Gasteiger partial charge in [-0.3, -0.25) is 4.98 Å². The Balaban J connectivity index is 1.38. The van der Waals surface area contributed by atoms with E-state index in [2.05, 4.69) is 40.9 Å². The number of halogens is 3. The summed E-state index contributed by atoms with van der Waals surface area (Å²) in [5.74, 6) is 1.70. The minimum Gasteiger partial charge on any atom is -0.455 e. The van der Waals surface area contributed by atoms with Gasteiger partial charge in [-0.2, -0.15) is 18.4 Å². The molecule has 4 heterocycles. The standard InChI is InChI=1S/C26H21F3N8O/c1-16-5-9-22(25(32-16)21-4-2-3-12-30-21)38-19-11-13-31-24(15-19)33-18-7-8-20(26(27,28)29)17(14-18)6-10-23-34-36-37-35-23/h2-5,7-9,11-15H,6,10H2,1H3,(H,31,33)(H,34,35,36,37). The fourth-order valence-electron chi connectivity index (χ4n) is 3.82. The predicted octanol–water partition coefficient (Wildman–Crippen LogP) is 5.70. The largest absolute Gasteiger partial charge is 0.455 e. The number of alkyl halides is 3. The average Bonchev–Trinajstić information content (AvgIpc) is 3.43. The van der Waals surface area contributed by atoms with Crippen molar-refractivity contribution in [3.8, 4) is 22.9 Å². The first-order valence-electron chi connectivity index (χ1n) is 11.6. The third kappa shape index (κ3) is 5.91. The lowest BCUT2D eigenvalue weighted by molar-refractivity contribution is -0.138. The molecule has 0 aliphatic heterocycles. The fraction of sp³-hybridized carbons (Fsp3) is 0.154. The van der Waals surface area contributed by atoms with Gasteiger partial charge in [0.15, 0.2) is 11.6 Å². The van der Waals surface area contributed by atoms with Gasteiger partial charge in [-0.05, 0) is 67.4 Å². The Morgan fingerprint density at radius 2 is 1.84 bits per heavy atom. The molecule has 0 radical (unpaired) electrons. The molecule has 0 saturated carbocycles. The average molecular weight is 519 g/mol. The van der Waals surface area contributed by atoms with E-state index >= 15 is 0 Å². The van der Waals surface area contributed by atoms with Gasteiger partial charge in [0.05, 0.1) is 11.3 Å². The van der Waals surface area contributed by atoms with E-state index in [0.29, 0.717) is 40.2 Å². The van der Waals surface area contributed by atoms with Crippen LogP contribution in [0.3, 0.4) is 0 Å². The van der Waals surface area contributed by atoms with Gasteiger partial charge in [0, 0.05) is 36.3 Å². The Labute approximate surface area is 215 Å². The van der Waals surface area contributed by atoms with Crippen molar-refractivity contribution in [1.82, 2.24) is 35.6 Å². The molecule has 2 N–H and O–H groups in total. The van der Waals surface area contributed by atoms with Crippen molar-refractivity contribution in [3.05, 3.63) is 95.7 Å². The topological polar surface area (TPSA) is 114 Å². The molecule has 192 valence electrons. The molecule has 5 rings (SSSR count). The number of hydrogen-bond donors (Lipinski definition) is 2. The number of benzene rings is 1. The van der Waals surface area contributed by atoms with Gasteiger partial charge < -0.3 is 10.1 Å². The lowest BCUT2D eigenvalue weighted by Crippen LogP contribution is -2.11. The quantitative estimate of drug-likeness (QED) is 0.269. The van der Waals surface area contributed by atoms with Crippen molar-refractivity contribution in [2.45, 2.75) is 25.9 Å². The van der Waals surface area contributed by atoms with Crippen LogP contribution in [-0.4, -0.2) is 35.6 Å². The molecule has 9 nitrogen and oxygen atoms in total. The van der Waals surface area contributed by atoms with Crippen molar-refractivity contribution in [2.24, 2.45) is 0 Å². The third-order valence-corrected chi connectivity index (χ3v) is 5.55. The van der Waals surface area contributed by atoms with Gasteiger partial charge in [0.2, 0.25) is 0 Å². The van der Waals surface area contributed by atoms with E-state index in [-0.39, 0.29) is 18.4 Å². The van der Waals surface area contributed by atoms with E-state index in [1.165, 1.54) is 12.1 Å². The summed E-state index contributed by atoms with van der Waals surface area (Å²) >= 11 is 0. The number of hydrogen-bond acceptors (Lipinski definition) is 8. The molecular formula is C26H21F3N8O. The third-order valence-electron chi connectivity index (χ3n) is 5.55. The highest BCUT2D eigenvalue weighted by molar-refractivity contribution is 5.64. The molecular weight excluding hydrogens is 497 g/mol. The molecule has 0 bridgehead atoms. The van der Waals surface area contributed by atoms with Crippen LogP contribution in [-0.2, 0) is 19.0 Å². The number of aryl methyl sites for hydroxylation is 3. The summed E-state index contributed by atoms with van der Waals surface area (Å²) in [4.78, 5) is 13.2. The van der Waals surface area contributed by atoms with E-state index in [1.54, 1.807) is 24.5 Å². The smallest absolute Gasteiger partial charge is 0.416 e. The molecule has 0 unspecified atom stereocenters. The number of aromatic amines is 1. The Morgan fingerprint density at radius 1 is 0.947 bits per heavy atom. The van der Waals surface area contributed by atoms with E-state index < -0.39 is 11.7 Å². The maximum absolute atomic E-state index is 13.6. The summed E-state index contributed by atoms with van der Waals surface area (Å²) in [6.07, 6.45) is -0.991. The number of pyridine rings is 3. The first kappa shape index (κ1) is 24.8. The van der Waals surface area contributed by atoms with Crippen LogP contribution >= 0.6 is 0 Å². The summed E-state index contributed by atoms with van der Waals surface area (Å²) in [5, 5.41) is 16.4. The van der Waals surface area contributed by atoms with Crippen molar-refractivity contribution in [1.29, 1.82) is 0 Å². The zero-order chi connectivity index (χ0) is 26.5. The van der Waals surface area contributed by atoms with Gasteiger partial charge >= 0.3 is 6.18 Å². The maximum atomic E-state index is 13.6. The molecule has 4 aromatic heterocycles. The number of anilines is 2. The van der Waals surface area contributed by atoms with Crippen molar-refractivity contribution in [2.75, 3.05) is 5.32 Å². The van der Waals surface area contributed by atoms with Crippen LogP contribution in [0.2, 0.25) is 0 Å². The molecule has 0 atom stereocenters. The number of nitrogens with zero attached hydrogens (tertiary/aromatic N) is 6. The SMILES string of the molecule is Cc1ccc(Oc2ccnc(Nc3ccc(C(F)(F)F)c(CCc4nn[nH]n4)c3)c2)c(-c2ccccn2)n1. The van der Waals surface area contributed by atoms with Crippen molar-refractivity contribution >= 4 is 11.5 Å². The second-order valence-electron chi connectivity index (χ2n) is 8.32. The molecule has 0 aliphatic rings. The molecule has 0 amide bonds.